The summed E-state index contributed by atoms with van der Waals surface area (Å²) < 4.78 is 13.8. The number of hydrogen-bond acceptors (Lipinski definition) is 4. The van der Waals surface area contributed by atoms with Crippen molar-refractivity contribution in [2.75, 3.05) is 5.73 Å². The van der Waals surface area contributed by atoms with Gasteiger partial charge in [-0.1, -0.05) is 5.21 Å². The summed E-state index contributed by atoms with van der Waals surface area (Å²) in [4.78, 5) is 39.3. The molecule has 6 nitrogen and oxygen atoms in total. The molecule has 1 aromatic rings. The summed E-state index contributed by atoms with van der Waals surface area (Å²) in [7, 11) is 8.75. The van der Waals surface area contributed by atoms with Crippen LogP contribution >= 0.6 is 0 Å². The molecule has 3 amide bonds. The molecule has 1 fully saturated rings. The van der Waals surface area contributed by atoms with Crippen molar-refractivity contribution in [2.24, 2.45) is 0 Å². The van der Waals surface area contributed by atoms with Crippen LogP contribution in [0.15, 0.2) is 12.1 Å². The Kier molecular flexibility index (Phi) is 3.51. The molecule has 1 saturated heterocycles. The van der Waals surface area contributed by atoms with E-state index in [1.165, 1.54) is 11.0 Å². The molecule has 3 rings (SSSR count). The van der Waals surface area contributed by atoms with Crippen LogP contribution in [0.4, 0.5) is 10.1 Å². The van der Waals surface area contributed by atoms with E-state index in [2.05, 4.69) is 5.32 Å². The molecule has 2 aliphatic heterocycles. The molecule has 12 heteroatoms. The first-order valence-electron chi connectivity index (χ1n) is 8.12. The Labute approximate surface area is 149 Å². The zero-order chi connectivity index (χ0) is 18.9. The fraction of sp³-hybridized carbons (Fsp3) is 0.308. The molecular weight excluding hydrogens is 319 g/mol. The highest BCUT2D eigenvalue weighted by atomic mass is 19.1. The summed E-state index contributed by atoms with van der Waals surface area (Å²) >= 11 is 0. The Morgan fingerprint density at radius 1 is 1.12 bits per heavy atom. The van der Waals surface area contributed by atoms with Gasteiger partial charge in [-0.25, -0.2) is 4.39 Å². The van der Waals surface area contributed by atoms with Crippen molar-refractivity contribution in [3.05, 3.63) is 29.1 Å². The molecular formula is C13H17B5FN3O3. The lowest BCUT2D eigenvalue weighted by molar-refractivity contribution is -0.140. The molecule has 1 atom stereocenters. The predicted octanol–water partition coefficient (Wildman–Crippen LogP) is -5.00. The third kappa shape index (κ3) is 2.12. The van der Waals surface area contributed by atoms with E-state index in [0.717, 1.165) is 6.07 Å². The number of hydrogen-bond donors (Lipinski definition) is 2. The van der Waals surface area contributed by atoms with Crippen LogP contribution in [0, 0.1) is 5.82 Å². The standard InChI is InChI=1S/C13H17B5FN3O3/c14-11(15)3-7(23)21-10(25)12(11,16)22-9(24)5-1-4(19)2-6(20)8(5)13(22,17)18/h1-2H,3,14-18,20H2,(H,21,23,25)/t12-/m1/s1. The second-order valence-electron chi connectivity index (χ2n) is 8.13. The number of piperidine rings is 1. The zero-order valence-corrected chi connectivity index (χ0v) is 15.0. The number of carbonyl (C=O) groups is 3. The maximum absolute atomic E-state index is 13.8. The van der Waals surface area contributed by atoms with E-state index >= 15 is 0 Å². The van der Waals surface area contributed by atoms with E-state index in [-0.39, 0.29) is 23.6 Å². The van der Waals surface area contributed by atoms with Crippen molar-refractivity contribution >= 4 is 62.6 Å². The fourth-order valence-electron chi connectivity index (χ4n) is 4.31. The second kappa shape index (κ2) is 4.96. The molecule has 25 heavy (non-hydrogen) atoms. The maximum Gasteiger partial charge on any atom is 0.254 e. The number of halogens is 1. The molecule has 0 unspecified atom stereocenters. The molecule has 0 spiro atoms. The smallest absolute Gasteiger partial charge is 0.254 e. The van der Waals surface area contributed by atoms with Crippen molar-refractivity contribution in [3.8, 4) is 0 Å². The minimum Gasteiger partial charge on any atom is -0.398 e. The highest BCUT2D eigenvalue weighted by Gasteiger charge is 2.62. The first-order chi connectivity index (χ1) is 11.3. The highest BCUT2D eigenvalue weighted by molar-refractivity contribution is 6.53. The summed E-state index contributed by atoms with van der Waals surface area (Å²) in [6.07, 6.45) is 0.0925. The van der Waals surface area contributed by atoms with Gasteiger partial charge in [0, 0.05) is 23.0 Å². The Balaban J connectivity index is 2.25. The highest BCUT2D eigenvalue weighted by Crippen LogP contribution is 2.50. The number of nitrogen functional groups attached to an aromatic ring is 1. The van der Waals surface area contributed by atoms with Gasteiger partial charge in [0.25, 0.3) is 5.91 Å². The average molecular weight is 336 g/mol. The van der Waals surface area contributed by atoms with Gasteiger partial charge in [-0.15, -0.1) is 0 Å². The summed E-state index contributed by atoms with van der Waals surface area (Å²) in [5.74, 6) is -1.98. The first-order valence-corrected chi connectivity index (χ1v) is 8.12. The van der Waals surface area contributed by atoms with E-state index in [1.807, 2.05) is 0 Å². The Hall–Kier alpha value is -2.12. The molecule has 3 N–H and O–H groups in total. The third-order valence-electron chi connectivity index (χ3n) is 5.80. The first kappa shape index (κ1) is 17.7. The number of imide groups is 1. The molecule has 0 aliphatic carbocycles. The summed E-state index contributed by atoms with van der Waals surface area (Å²) in [6, 6.07) is 2.33. The largest absolute Gasteiger partial charge is 0.398 e. The van der Waals surface area contributed by atoms with Gasteiger partial charge in [0.1, 0.15) is 45.0 Å². The number of nitrogens with zero attached hydrogens (tertiary/aromatic N) is 1. The van der Waals surface area contributed by atoms with Crippen LogP contribution in [-0.4, -0.2) is 67.3 Å². The summed E-state index contributed by atoms with van der Waals surface area (Å²) in [6.45, 7) is 0. The normalized spacial score (nSPS) is 27.1. The maximum atomic E-state index is 13.8. The van der Waals surface area contributed by atoms with E-state index in [9.17, 15) is 18.8 Å². The molecule has 0 bridgehead atoms. The van der Waals surface area contributed by atoms with Crippen LogP contribution in [0.5, 0.6) is 0 Å². The van der Waals surface area contributed by atoms with Gasteiger partial charge in [0.15, 0.2) is 0 Å². The summed E-state index contributed by atoms with van der Waals surface area (Å²) in [5.41, 5.74) is 5.52. The van der Waals surface area contributed by atoms with Crippen molar-refractivity contribution in [2.45, 2.75) is 22.4 Å². The van der Waals surface area contributed by atoms with Crippen LogP contribution in [0.25, 0.3) is 0 Å². The van der Waals surface area contributed by atoms with Crippen LogP contribution in [0.2, 0.25) is 5.21 Å². The number of rotatable bonds is 1. The lowest BCUT2D eigenvalue weighted by Gasteiger charge is -2.56. The average Bonchev–Trinajstić information content (AvgIpc) is 2.62. The molecule has 2 heterocycles. The number of nitrogens with one attached hydrogen (secondary N) is 1. The van der Waals surface area contributed by atoms with Gasteiger partial charge in [-0.2, -0.15) is 0 Å². The van der Waals surface area contributed by atoms with Gasteiger partial charge in [-0.05, 0) is 17.7 Å². The monoisotopic (exact) mass is 337 g/mol. The van der Waals surface area contributed by atoms with E-state index in [4.69, 9.17) is 5.73 Å². The van der Waals surface area contributed by atoms with Crippen molar-refractivity contribution in [1.82, 2.24) is 10.2 Å². The lowest BCUT2D eigenvalue weighted by Crippen LogP contribution is -2.74. The molecule has 1 aromatic carbocycles. The van der Waals surface area contributed by atoms with Crippen molar-refractivity contribution in [1.29, 1.82) is 0 Å². The number of benzene rings is 1. The van der Waals surface area contributed by atoms with E-state index in [1.54, 1.807) is 39.2 Å². The topological polar surface area (TPSA) is 92.5 Å². The van der Waals surface area contributed by atoms with Gasteiger partial charge < -0.3 is 10.6 Å². The molecule has 0 radical (unpaired) electrons. The molecule has 0 aromatic heterocycles. The van der Waals surface area contributed by atoms with Crippen LogP contribution in [0.3, 0.4) is 0 Å². The van der Waals surface area contributed by atoms with Gasteiger partial charge >= 0.3 is 0 Å². The minimum atomic E-state index is -1.30. The molecule has 124 valence electrons. The zero-order valence-electron chi connectivity index (χ0n) is 15.0. The van der Waals surface area contributed by atoms with Crippen LogP contribution < -0.4 is 11.1 Å². The number of carbonyl (C=O) groups excluding carboxylic acids is 3. The van der Waals surface area contributed by atoms with Gasteiger partial charge in [0.2, 0.25) is 11.8 Å². The van der Waals surface area contributed by atoms with Gasteiger partial charge in [0.05, 0.1) is 5.44 Å². The number of anilines is 1. The second-order valence-corrected chi connectivity index (χ2v) is 8.13. The van der Waals surface area contributed by atoms with Crippen molar-refractivity contribution in [3.63, 3.8) is 0 Å². The third-order valence-corrected chi connectivity index (χ3v) is 5.80. The quantitative estimate of drug-likeness (QED) is 0.305. The Bertz CT molecular complexity index is 846. The fourth-order valence-corrected chi connectivity index (χ4v) is 4.31. The summed E-state index contributed by atoms with van der Waals surface area (Å²) in [5, 5.41) is 0.589. The number of fused-ring (bicyclic) bond motifs is 1. The molecule has 2 aliphatic rings. The van der Waals surface area contributed by atoms with E-state index in [0.29, 0.717) is 5.56 Å². The van der Waals surface area contributed by atoms with E-state index < -0.39 is 33.6 Å². The number of nitrogens with two attached hydrogens (primary N) is 1. The van der Waals surface area contributed by atoms with Crippen LogP contribution in [0.1, 0.15) is 22.3 Å². The Morgan fingerprint density at radius 2 is 1.72 bits per heavy atom. The number of amides is 3. The van der Waals surface area contributed by atoms with Crippen LogP contribution in [-0.2, 0) is 14.9 Å². The Morgan fingerprint density at radius 3 is 2.28 bits per heavy atom. The minimum absolute atomic E-state index is 0.0925. The SMILES string of the molecule is BC1(B)c2c(N)cc(F)cc2C(=O)N1[C@]1(B)C(=O)NC(=O)CC1(B)B. The predicted molar refractivity (Wildman–Crippen MR) is 105 cm³/mol. The van der Waals surface area contributed by atoms with Crippen molar-refractivity contribution < 1.29 is 18.8 Å². The van der Waals surface area contributed by atoms with Gasteiger partial charge in [-0.3, -0.25) is 19.7 Å². The lowest BCUT2D eigenvalue weighted by atomic mass is 9.35. The molecule has 0 saturated carbocycles.